The smallest absolute Gasteiger partial charge is 0.341 e. The number of hydrogen-bond donors (Lipinski definition) is 2. The molecule has 0 amide bonds. The number of fused-ring (bicyclic) bond motifs is 4. The van der Waals surface area contributed by atoms with E-state index in [9.17, 15) is 19.1 Å². The van der Waals surface area contributed by atoms with Crippen molar-refractivity contribution in [2.75, 3.05) is 30.4 Å². The molecule has 4 heterocycles. The van der Waals surface area contributed by atoms with Crippen LogP contribution in [-0.2, 0) is 13.5 Å². The quantitative estimate of drug-likeness (QED) is 0.377. The summed E-state index contributed by atoms with van der Waals surface area (Å²) < 4.78 is 16.2. The van der Waals surface area contributed by atoms with Crippen LogP contribution in [0.2, 0.25) is 0 Å². The number of carboxylic acids is 1. The zero-order chi connectivity index (χ0) is 25.8. The number of aromatic carboxylic acids is 1. The predicted octanol–water partition coefficient (Wildman–Crippen LogP) is 4.44. The molecule has 0 unspecified atom stereocenters. The summed E-state index contributed by atoms with van der Waals surface area (Å²) in [5.74, 6) is -1.59. The van der Waals surface area contributed by atoms with Crippen LogP contribution in [0.25, 0.3) is 33.3 Å². The minimum absolute atomic E-state index is 0.230. The number of hydrogen-bond acceptors (Lipinski definition) is 6. The summed E-state index contributed by atoms with van der Waals surface area (Å²) in [6.07, 6.45) is 8.64. The van der Waals surface area contributed by atoms with Gasteiger partial charge in [0.15, 0.2) is 0 Å². The van der Waals surface area contributed by atoms with Gasteiger partial charge in [-0.15, -0.1) is 0 Å². The molecule has 0 bridgehead atoms. The lowest BCUT2D eigenvalue weighted by Crippen LogP contribution is -2.30. The first kappa shape index (κ1) is 23.1. The minimum atomic E-state index is -1.28. The molecule has 3 aromatic heterocycles. The number of pyridine rings is 3. The summed E-state index contributed by atoms with van der Waals surface area (Å²) in [7, 11) is 3.46. The molecule has 1 aliphatic carbocycles. The first-order valence-corrected chi connectivity index (χ1v) is 12.4. The van der Waals surface area contributed by atoms with Crippen LogP contribution in [0.5, 0.6) is 0 Å². The molecule has 1 fully saturated rings. The number of anilines is 2. The van der Waals surface area contributed by atoms with Crippen LogP contribution in [0.3, 0.4) is 0 Å². The topological polar surface area (TPSA) is 100 Å². The monoisotopic (exact) mass is 499 g/mol. The van der Waals surface area contributed by atoms with E-state index < -0.39 is 11.4 Å². The standard InChI is InChI=1S/C28H26FN5O3/c1-30-22-10-16(29)9-18-17(22)11-23-24(18)25(34-6-4-3-5-7-34)20(13-31-23)15-8-19-26(35)21(28(36)37)14-33(2)27(19)32-12-15/h8-10,12-14,30H,3-7,11H2,1-2H3,(H,36,37). The highest BCUT2D eigenvalue weighted by atomic mass is 19.1. The number of nitrogens with one attached hydrogen (secondary N) is 1. The fourth-order valence-corrected chi connectivity index (χ4v) is 5.72. The Morgan fingerprint density at radius 1 is 1.08 bits per heavy atom. The minimum Gasteiger partial charge on any atom is -0.477 e. The van der Waals surface area contributed by atoms with E-state index in [0.717, 1.165) is 71.7 Å². The van der Waals surface area contributed by atoms with E-state index in [1.165, 1.54) is 12.3 Å². The molecule has 37 heavy (non-hydrogen) atoms. The van der Waals surface area contributed by atoms with Crippen molar-refractivity contribution in [1.82, 2.24) is 14.5 Å². The summed E-state index contributed by atoms with van der Waals surface area (Å²) >= 11 is 0. The van der Waals surface area contributed by atoms with Crippen molar-refractivity contribution in [1.29, 1.82) is 0 Å². The van der Waals surface area contributed by atoms with Gasteiger partial charge in [0.05, 0.1) is 16.8 Å². The van der Waals surface area contributed by atoms with Gasteiger partial charge >= 0.3 is 5.97 Å². The summed E-state index contributed by atoms with van der Waals surface area (Å²) in [4.78, 5) is 36.4. The maximum Gasteiger partial charge on any atom is 0.341 e. The van der Waals surface area contributed by atoms with Gasteiger partial charge in [0.2, 0.25) is 5.43 Å². The van der Waals surface area contributed by atoms with Crippen molar-refractivity contribution in [2.24, 2.45) is 7.05 Å². The molecule has 1 aromatic carbocycles. The van der Waals surface area contributed by atoms with E-state index >= 15 is 0 Å². The highest BCUT2D eigenvalue weighted by Gasteiger charge is 2.31. The van der Waals surface area contributed by atoms with Crippen molar-refractivity contribution in [2.45, 2.75) is 25.7 Å². The second-order valence-electron chi connectivity index (χ2n) is 9.68. The van der Waals surface area contributed by atoms with Crippen molar-refractivity contribution in [3.63, 3.8) is 0 Å². The van der Waals surface area contributed by atoms with Crippen molar-refractivity contribution in [3.05, 3.63) is 69.7 Å². The zero-order valence-corrected chi connectivity index (χ0v) is 20.6. The predicted molar refractivity (Wildman–Crippen MR) is 141 cm³/mol. The van der Waals surface area contributed by atoms with Gasteiger partial charge < -0.3 is 19.9 Å². The molecule has 4 aromatic rings. The average molecular weight is 500 g/mol. The molecule has 2 N–H and O–H groups in total. The summed E-state index contributed by atoms with van der Waals surface area (Å²) in [5.41, 5.74) is 6.33. The van der Waals surface area contributed by atoms with E-state index in [1.54, 1.807) is 43.2 Å². The van der Waals surface area contributed by atoms with E-state index in [2.05, 4.69) is 15.2 Å². The van der Waals surface area contributed by atoms with Gasteiger partial charge in [-0.2, -0.15) is 0 Å². The molecule has 1 saturated heterocycles. The Labute approximate surface area is 212 Å². The van der Waals surface area contributed by atoms with Gasteiger partial charge in [0.25, 0.3) is 0 Å². The van der Waals surface area contributed by atoms with E-state index in [-0.39, 0.29) is 16.8 Å². The molecule has 0 radical (unpaired) electrons. The van der Waals surface area contributed by atoms with Crippen molar-refractivity contribution >= 4 is 28.4 Å². The first-order chi connectivity index (χ1) is 17.9. The number of halogens is 1. The van der Waals surface area contributed by atoms with Gasteiger partial charge in [-0.25, -0.2) is 14.2 Å². The highest BCUT2D eigenvalue weighted by molar-refractivity contribution is 5.98. The number of nitrogens with zero attached hydrogens (tertiary/aromatic N) is 4. The van der Waals surface area contributed by atoms with Crippen LogP contribution >= 0.6 is 0 Å². The lowest BCUT2D eigenvalue weighted by molar-refractivity contribution is 0.0695. The maximum atomic E-state index is 14.7. The van der Waals surface area contributed by atoms with Crippen LogP contribution < -0.4 is 15.6 Å². The van der Waals surface area contributed by atoms with Crippen LogP contribution in [0.1, 0.15) is 40.9 Å². The number of rotatable bonds is 4. The van der Waals surface area contributed by atoms with Crippen LogP contribution in [0.15, 0.2) is 41.6 Å². The van der Waals surface area contributed by atoms with Crippen molar-refractivity contribution in [3.8, 4) is 22.3 Å². The third kappa shape index (κ3) is 3.64. The fourth-order valence-electron chi connectivity index (χ4n) is 5.72. The van der Waals surface area contributed by atoms with Crippen LogP contribution in [0, 0.1) is 5.82 Å². The third-order valence-corrected chi connectivity index (χ3v) is 7.45. The van der Waals surface area contributed by atoms with Gasteiger partial charge in [-0.1, -0.05) is 0 Å². The Kier molecular flexibility index (Phi) is 5.43. The molecule has 0 atom stereocenters. The number of aryl methyl sites for hydroxylation is 1. The molecule has 0 saturated carbocycles. The van der Waals surface area contributed by atoms with Crippen molar-refractivity contribution < 1.29 is 14.3 Å². The molecule has 1 aliphatic heterocycles. The molecule has 188 valence electrons. The lowest BCUT2D eigenvalue weighted by Gasteiger charge is -2.32. The van der Waals surface area contributed by atoms with Gasteiger partial charge in [-0.3, -0.25) is 9.78 Å². The van der Waals surface area contributed by atoms with Crippen LogP contribution in [0.4, 0.5) is 15.8 Å². The van der Waals surface area contributed by atoms with Gasteiger partial charge in [0, 0.05) is 74.6 Å². The Balaban J connectivity index is 1.63. The molecule has 2 aliphatic rings. The third-order valence-electron chi connectivity index (χ3n) is 7.45. The first-order valence-electron chi connectivity index (χ1n) is 12.4. The number of piperidine rings is 1. The average Bonchev–Trinajstić information content (AvgIpc) is 3.28. The molecule has 0 spiro atoms. The highest BCUT2D eigenvalue weighted by Crippen LogP contribution is 2.49. The second kappa shape index (κ2) is 8.69. The largest absolute Gasteiger partial charge is 0.477 e. The van der Waals surface area contributed by atoms with E-state index in [1.807, 2.05) is 0 Å². The Morgan fingerprint density at radius 2 is 1.86 bits per heavy atom. The number of aromatic nitrogens is 3. The lowest BCUT2D eigenvalue weighted by atomic mass is 9.96. The summed E-state index contributed by atoms with van der Waals surface area (Å²) in [6, 6.07) is 4.79. The number of carbonyl (C=O) groups is 1. The zero-order valence-electron chi connectivity index (χ0n) is 20.6. The number of carboxylic acid groups (broad SMARTS) is 1. The molecular weight excluding hydrogens is 473 g/mol. The Morgan fingerprint density at radius 3 is 2.59 bits per heavy atom. The number of benzene rings is 1. The summed E-state index contributed by atoms with van der Waals surface area (Å²) in [6.45, 7) is 1.72. The van der Waals surface area contributed by atoms with E-state index in [4.69, 9.17) is 4.98 Å². The summed E-state index contributed by atoms with van der Waals surface area (Å²) in [5, 5.41) is 12.9. The molecule has 6 rings (SSSR count). The Hall–Kier alpha value is -4.27. The van der Waals surface area contributed by atoms with Crippen LogP contribution in [-0.4, -0.2) is 45.7 Å². The van der Waals surface area contributed by atoms with Gasteiger partial charge in [-0.05, 0) is 48.6 Å². The Bertz CT molecular complexity index is 1660. The second-order valence-corrected chi connectivity index (χ2v) is 9.68. The maximum absolute atomic E-state index is 14.7. The normalized spacial score (nSPS) is 14.5. The molecule has 9 heteroatoms. The van der Waals surface area contributed by atoms with E-state index in [0.29, 0.717) is 17.6 Å². The SMILES string of the molecule is CNc1cc(F)cc2c1Cc1ncc(-c3cnc4c(c3)c(=O)c(C(=O)O)cn4C)c(N3CCCCC3)c1-2. The fraction of sp³-hybridized carbons (Fsp3) is 0.286. The molecule has 8 nitrogen and oxygen atoms in total. The molecular formula is C28H26FN5O3. The van der Waals surface area contributed by atoms with Gasteiger partial charge in [0.1, 0.15) is 17.0 Å².